The Morgan fingerprint density at radius 3 is 2.50 bits per heavy atom. The van der Waals surface area contributed by atoms with Gasteiger partial charge in [0.1, 0.15) is 0 Å². The molecule has 1 fully saturated rings. The molecule has 0 unspecified atom stereocenters. The first-order valence-electron chi connectivity index (χ1n) is 12.9. The van der Waals surface area contributed by atoms with Crippen LogP contribution < -0.4 is 5.32 Å². The summed E-state index contributed by atoms with van der Waals surface area (Å²) < 4.78 is 19.9. The summed E-state index contributed by atoms with van der Waals surface area (Å²) in [6, 6.07) is 23.1. The number of thiazole rings is 1. The highest BCUT2D eigenvalue weighted by atomic mass is 32.2. The van der Waals surface area contributed by atoms with Crippen LogP contribution in [0, 0.1) is 0 Å². The highest BCUT2D eigenvalue weighted by molar-refractivity contribution is 8.01. The van der Waals surface area contributed by atoms with Gasteiger partial charge in [0.15, 0.2) is 16.7 Å². The van der Waals surface area contributed by atoms with Crippen molar-refractivity contribution in [3.63, 3.8) is 0 Å². The van der Waals surface area contributed by atoms with Crippen molar-refractivity contribution < 1.29 is 28.9 Å². The number of nitrogens with zero attached hydrogens (tertiary/aromatic N) is 1. The van der Waals surface area contributed by atoms with E-state index in [9.17, 15) is 14.7 Å². The minimum absolute atomic E-state index is 0.0124. The second kappa shape index (κ2) is 12.9. The average molecular weight is 579 g/mol. The zero-order chi connectivity index (χ0) is 28.1. The molecule has 0 bridgehead atoms. The van der Waals surface area contributed by atoms with Crippen LogP contribution in [0.4, 0.5) is 5.69 Å². The number of aromatic nitrogens is 1. The summed E-state index contributed by atoms with van der Waals surface area (Å²) in [6.07, 6.45) is -1.12. The zero-order valence-electron chi connectivity index (χ0n) is 22.1. The maximum atomic E-state index is 12.3. The number of anilines is 1. The summed E-state index contributed by atoms with van der Waals surface area (Å²) in [5, 5.41) is 12.2. The molecule has 3 aromatic carbocycles. The number of esters is 1. The molecule has 1 saturated heterocycles. The molecule has 1 amide bonds. The number of hydrogen-bond acceptors (Lipinski definition) is 9. The lowest BCUT2D eigenvalue weighted by Gasteiger charge is -2.36. The Labute approximate surface area is 240 Å². The van der Waals surface area contributed by atoms with Gasteiger partial charge >= 0.3 is 5.97 Å². The summed E-state index contributed by atoms with van der Waals surface area (Å²) >= 11 is 3.35. The van der Waals surface area contributed by atoms with Crippen LogP contribution in [0.5, 0.6) is 0 Å². The molecule has 5 rings (SSSR count). The fourth-order valence-corrected chi connectivity index (χ4v) is 6.48. The van der Waals surface area contributed by atoms with Crippen molar-refractivity contribution in [2.75, 3.05) is 11.1 Å². The van der Waals surface area contributed by atoms with Crippen molar-refractivity contribution >= 4 is 50.9 Å². The first kappa shape index (κ1) is 28.3. The van der Waals surface area contributed by atoms with E-state index in [4.69, 9.17) is 19.2 Å². The van der Waals surface area contributed by atoms with Crippen LogP contribution in [0.25, 0.3) is 10.2 Å². The van der Waals surface area contributed by atoms with E-state index in [0.29, 0.717) is 17.9 Å². The number of carbonyl (C=O) groups is 2. The molecule has 1 aliphatic rings. The summed E-state index contributed by atoms with van der Waals surface area (Å²) in [6.45, 7) is 2.78. The first-order chi connectivity index (χ1) is 19.4. The third-order valence-electron chi connectivity index (χ3n) is 6.44. The second-order valence-electron chi connectivity index (χ2n) is 9.47. The molecule has 1 aliphatic heterocycles. The summed E-state index contributed by atoms with van der Waals surface area (Å²) in [5.74, 6) is -0.208. The van der Waals surface area contributed by atoms with E-state index in [-0.39, 0.29) is 18.8 Å². The lowest BCUT2D eigenvalue weighted by atomic mass is 10.0. The third kappa shape index (κ3) is 7.07. The van der Waals surface area contributed by atoms with Crippen LogP contribution in [0.1, 0.15) is 49.4 Å². The quantitative estimate of drug-likeness (QED) is 0.184. The average Bonchev–Trinajstić information content (AvgIpc) is 3.39. The topological polar surface area (TPSA) is 107 Å². The number of aliphatic hydroxyl groups is 1. The van der Waals surface area contributed by atoms with Crippen LogP contribution in [0.3, 0.4) is 0 Å². The third-order valence-corrected chi connectivity index (χ3v) is 8.76. The number of para-hydroxylation sites is 1. The molecule has 0 saturated carbocycles. The number of thioether (sulfide) groups is 1. The number of amides is 1. The summed E-state index contributed by atoms with van der Waals surface area (Å²) in [5.41, 5.74) is 4.25. The maximum Gasteiger partial charge on any atom is 0.303 e. The molecule has 40 heavy (non-hydrogen) atoms. The Morgan fingerprint density at radius 2 is 1.80 bits per heavy atom. The first-order valence-corrected chi connectivity index (χ1v) is 14.7. The lowest BCUT2D eigenvalue weighted by Crippen LogP contribution is -2.31. The van der Waals surface area contributed by atoms with Crippen LogP contribution in [0.15, 0.2) is 77.1 Å². The van der Waals surface area contributed by atoms with Crippen molar-refractivity contribution in [2.24, 2.45) is 0 Å². The Kier molecular flexibility index (Phi) is 9.13. The summed E-state index contributed by atoms with van der Waals surface area (Å²) in [4.78, 5) is 28.2. The van der Waals surface area contributed by atoms with Crippen LogP contribution in [-0.2, 0) is 30.4 Å². The van der Waals surface area contributed by atoms with Gasteiger partial charge in [-0.3, -0.25) is 9.59 Å². The van der Waals surface area contributed by atoms with Gasteiger partial charge in [0, 0.05) is 30.3 Å². The van der Waals surface area contributed by atoms with Gasteiger partial charge in [0.05, 0.1) is 29.0 Å². The normalized spacial score (nSPS) is 19.7. The Balaban J connectivity index is 1.30. The molecule has 0 aliphatic carbocycles. The number of ether oxygens (including phenoxy) is 3. The molecule has 2 N–H and O–H groups in total. The molecular weight excluding hydrogens is 548 g/mol. The van der Waals surface area contributed by atoms with E-state index < -0.39 is 24.3 Å². The molecule has 208 valence electrons. The minimum atomic E-state index is -0.895. The molecule has 8 nitrogen and oxygen atoms in total. The van der Waals surface area contributed by atoms with Gasteiger partial charge in [-0.2, -0.15) is 0 Å². The number of rotatable bonds is 9. The lowest BCUT2D eigenvalue weighted by molar-refractivity contribution is -0.245. The monoisotopic (exact) mass is 578 g/mol. The van der Waals surface area contributed by atoms with Crippen LogP contribution in [-0.4, -0.2) is 39.9 Å². The number of hydrogen-bond donors (Lipinski definition) is 2. The SMILES string of the molecule is CC(=O)O[C@@H](C)C(=O)Nc1ccc([C@@H]2O[C@H](CSc3nc4ccccc4s3)C[C@H](c3ccc(CO)cc3)O2)cc1. The molecule has 2 heterocycles. The molecule has 4 aromatic rings. The zero-order valence-corrected chi connectivity index (χ0v) is 23.7. The maximum absolute atomic E-state index is 12.3. The molecule has 1 aromatic heterocycles. The molecule has 0 radical (unpaired) electrons. The largest absolute Gasteiger partial charge is 0.453 e. The van der Waals surface area contributed by atoms with Crippen LogP contribution >= 0.6 is 23.1 Å². The van der Waals surface area contributed by atoms with E-state index in [1.165, 1.54) is 13.8 Å². The van der Waals surface area contributed by atoms with Gasteiger partial charge in [-0.15, -0.1) is 11.3 Å². The van der Waals surface area contributed by atoms with Crippen LogP contribution in [0.2, 0.25) is 0 Å². The second-order valence-corrected chi connectivity index (χ2v) is 11.8. The smallest absolute Gasteiger partial charge is 0.303 e. The standard InChI is InChI=1S/C30H30N2O6S2/c1-18(36-19(2)34)28(35)31-23-13-11-22(12-14-23)29-37-24(15-26(38-29)21-9-7-20(16-33)8-10-21)17-39-30-32-25-5-3-4-6-27(25)40-30/h3-14,18,24,26,29,33H,15-17H2,1-2H3,(H,31,35)/t18-,24-,26+,29+/m0/s1. The van der Waals surface area contributed by atoms with Crippen molar-refractivity contribution in [2.45, 2.75) is 55.8 Å². The van der Waals surface area contributed by atoms with Gasteiger partial charge in [0.2, 0.25) is 0 Å². The van der Waals surface area contributed by atoms with Gasteiger partial charge in [-0.25, -0.2) is 4.98 Å². The van der Waals surface area contributed by atoms with Gasteiger partial charge in [-0.1, -0.05) is 60.3 Å². The van der Waals surface area contributed by atoms with E-state index in [1.54, 1.807) is 35.2 Å². The van der Waals surface area contributed by atoms with Gasteiger partial charge in [0.25, 0.3) is 5.91 Å². The van der Waals surface area contributed by atoms with Crippen molar-refractivity contribution in [3.8, 4) is 0 Å². The van der Waals surface area contributed by atoms with E-state index in [2.05, 4.69) is 11.4 Å². The van der Waals surface area contributed by atoms with E-state index >= 15 is 0 Å². The Hall–Kier alpha value is -3.28. The van der Waals surface area contributed by atoms with E-state index in [0.717, 1.165) is 31.2 Å². The number of aliphatic hydroxyl groups excluding tert-OH is 1. The van der Waals surface area contributed by atoms with Gasteiger partial charge in [-0.05, 0) is 42.3 Å². The van der Waals surface area contributed by atoms with Gasteiger partial charge < -0.3 is 24.6 Å². The Morgan fingerprint density at radius 1 is 1.07 bits per heavy atom. The fraction of sp³-hybridized carbons (Fsp3) is 0.300. The highest BCUT2D eigenvalue weighted by Gasteiger charge is 2.32. The Bertz CT molecular complexity index is 1420. The number of benzene rings is 3. The number of fused-ring (bicyclic) bond motifs is 1. The summed E-state index contributed by atoms with van der Waals surface area (Å²) in [7, 11) is 0. The molecular formula is C30H30N2O6S2. The van der Waals surface area contributed by atoms with Crippen molar-refractivity contribution in [1.82, 2.24) is 4.98 Å². The predicted molar refractivity (Wildman–Crippen MR) is 155 cm³/mol. The van der Waals surface area contributed by atoms with Crippen molar-refractivity contribution in [3.05, 3.63) is 89.5 Å². The predicted octanol–water partition coefficient (Wildman–Crippen LogP) is 6.02. The highest BCUT2D eigenvalue weighted by Crippen LogP contribution is 2.40. The van der Waals surface area contributed by atoms with Crippen molar-refractivity contribution in [1.29, 1.82) is 0 Å². The number of nitrogens with one attached hydrogen (secondary N) is 1. The molecule has 4 atom stereocenters. The minimum Gasteiger partial charge on any atom is -0.453 e. The fourth-order valence-electron chi connectivity index (χ4n) is 4.37. The molecule has 10 heteroatoms. The number of carbonyl (C=O) groups excluding carboxylic acids is 2. The van der Waals surface area contributed by atoms with E-state index in [1.807, 2.05) is 54.6 Å². The molecule has 0 spiro atoms.